The molecule has 1 heterocycles. The smallest absolute Gasteiger partial charge is 0.360 e. The van der Waals surface area contributed by atoms with Crippen LogP contribution in [0, 0.1) is 13.8 Å². The van der Waals surface area contributed by atoms with E-state index in [0.717, 1.165) is 24.0 Å². The summed E-state index contributed by atoms with van der Waals surface area (Å²) in [6.07, 6.45) is 1.66. The first-order valence-electron chi connectivity index (χ1n) is 9.05. The van der Waals surface area contributed by atoms with E-state index >= 15 is 0 Å². The number of benzene rings is 2. The van der Waals surface area contributed by atoms with Gasteiger partial charge in [0.1, 0.15) is 5.75 Å². The molecule has 0 atom stereocenters. The molecule has 3 aromatic rings. The lowest BCUT2D eigenvalue weighted by Crippen LogP contribution is -2.10. The van der Waals surface area contributed by atoms with Gasteiger partial charge in [-0.1, -0.05) is 49.7 Å². The lowest BCUT2D eigenvalue weighted by Gasteiger charge is -2.15. The van der Waals surface area contributed by atoms with Gasteiger partial charge in [-0.2, -0.15) is 0 Å². The SMILES string of the molecule is CCCCOC(=O)c1nc(Oc2c(C)cccc2C)c2ccccc2c1O. The third-order valence-electron chi connectivity index (χ3n) is 4.38. The molecule has 3 rings (SSSR count). The number of hydrogen-bond donors (Lipinski definition) is 1. The molecule has 1 aromatic heterocycles. The van der Waals surface area contributed by atoms with E-state index in [1.165, 1.54) is 0 Å². The highest BCUT2D eigenvalue weighted by atomic mass is 16.5. The van der Waals surface area contributed by atoms with E-state index in [9.17, 15) is 9.90 Å². The Hall–Kier alpha value is -3.08. The van der Waals surface area contributed by atoms with E-state index in [1.54, 1.807) is 18.2 Å². The van der Waals surface area contributed by atoms with Crippen LogP contribution >= 0.6 is 0 Å². The van der Waals surface area contributed by atoms with Crippen molar-refractivity contribution in [2.45, 2.75) is 33.6 Å². The summed E-state index contributed by atoms with van der Waals surface area (Å²) in [7, 11) is 0. The third kappa shape index (κ3) is 3.87. The zero-order chi connectivity index (χ0) is 19.4. The Bertz CT molecular complexity index is 961. The number of para-hydroxylation sites is 1. The molecule has 0 bridgehead atoms. The first-order valence-corrected chi connectivity index (χ1v) is 9.05. The largest absolute Gasteiger partial charge is 0.505 e. The van der Waals surface area contributed by atoms with Gasteiger partial charge < -0.3 is 14.6 Å². The van der Waals surface area contributed by atoms with Crippen LogP contribution in [0.3, 0.4) is 0 Å². The Morgan fingerprint density at radius 3 is 2.37 bits per heavy atom. The van der Waals surface area contributed by atoms with Crippen molar-refractivity contribution < 1.29 is 19.4 Å². The summed E-state index contributed by atoms with van der Waals surface area (Å²) >= 11 is 0. The summed E-state index contributed by atoms with van der Waals surface area (Å²) in [6, 6.07) is 13.0. The molecule has 0 radical (unpaired) electrons. The predicted molar refractivity (Wildman–Crippen MR) is 105 cm³/mol. The molecule has 0 fully saturated rings. The average molecular weight is 365 g/mol. The average Bonchev–Trinajstić information content (AvgIpc) is 2.66. The molecule has 0 saturated heterocycles. The molecular weight excluding hydrogens is 342 g/mol. The second-order valence-corrected chi connectivity index (χ2v) is 6.47. The van der Waals surface area contributed by atoms with Crippen molar-refractivity contribution in [1.82, 2.24) is 4.98 Å². The van der Waals surface area contributed by atoms with Crippen molar-refractivity contribution >= 4 is 16.7 Å². The predicted octanol–water partition coefficient (Wildman–Crippen LogP) is 5.31. The molecule has 5 heteroatoms. The molecule has 0 aliphatic rings. The molecule has 0 aliphatic heterocycles. The number of unbranched alkanes of at least 4 members (excludes halogenated alkanes) is 1. The fourth-order valence-corrected chi connectivity index (χ4v) is 2.87. The Labute approximate surface area is 158 Å². The van der Waals surface area contributed by atoms with Gasteiger partial charge in [-0.15, -0.1) is 0 Å². The molecule has 140 valence electrons. The van der Waals surface area contributed by atoms with E-state index < -0.39 is 5.97 Å². The van der Waals surface area contributed by atoms with Crippen molar-refractivity contribution in [3.05, 3.63) is 59.3 Å². The van der Waals surface area contributed by atoms with Crippen LogP contribution in [-0.2, 0) is 4.74 Å². The number of aromatic hydroxyl groups is 1. The van der Waals surface area contributed by atoms with Gasteiger partial charge in [0.15, 0.2) is 11.4 Å². The number of ether oxygens (including phenoxy) is 2. The minimum Gasteiger partial charge on any atom is -0.505 e. The Balaban J connectivity index is 2.09. The number of aromatic nitrogens is 1. The zero-order valence-electron chi connectivity index (χ0n) is 15.8. The normalized spacial score (nSPS) is 10.8. The molecule has 0 saturated carbocycles. The van der Waals surface area contributed by atoms with Gasteiger partial charge in [0, 0.05) is 10.8 Å². The number of hydrogen-bond acceptors (Lipinski definition) is 5. The molecule has 0 spiro atoms. The minimum absolute atomic E-state index is 0.133. The fourth-order valence-electron chi connectivity index (χ4n) is 2.87. The number of pyridine rings is 1. The lowest BCUT2D eigenvalue weighted by molar-refractivity contribution is 0.0489. The minimum atomic E-state index is -0.655. The molecular formula is C22H23NO4. The van der Waals surface area contributed by atoms with Crippen molar-refractivity contribution in [2.75, 3.05) is 6.61 Å². The number of carbonyl (C=O) groups is 1. The van der Waals surface area contributed by atoms with Crippen molar-refractivity contribution in [3.8, 4) is 17.4 Å². The summed E-state index contributed by atoms with van der Waals surface area (Å²) < 4.78 is 11.3. The number of fused-ring (bicyclic) bond motifs is 1. The maximum Gasteiger partial charge on any atom is 0.360 e. The first kappa shape index (κ1) is 18.7. The topological polar surface area (TPSA) is 68.7 Å². The standard InChI is InChI=1S/C22H23NO4/c1-4-5-13-26-22(25)18-19(24)16-11-6-7-12-17(16)21(23-18)27-20-14(2)9-8-10-15(20)3/h6-12,24H,4-5,13H2,1-3H3. The highest BCUT2D eigenvalue weighted by molar-refractivity contribution is 6.01. The Morgan fingerprint density at radius 1 is 1.04 bits per heavy atom. The number of nitrogens with zero attached hydrogens (tertiary/aromatic N) is 1. The molecule has 0 aliphatic carbocycles. The van der Waals surface area contributed by atoms with Crippen molar-refractivity contribution in [3.63, 3.8) is 0 Å². The number of aryl methyl sites for hydroxylation is 2. The fraction of sp³-hybridized carbons (Fsp3) is 0.273. The van der Waals surface area contributed by atoms with Gasteiger partial charge in [-0.05, 0) is 37.5 Å². The van der Waals surface area contributed by atoms with Crippen LogP contribution in [0.4, 0.5) is 0 Å². The van der Waals surface area contributed by atoms with Crippen LogP contribution in [0.25, 0.3) is 10.8 Å². The van der Waals surface area contributed by atoms with Gasteiger partial charge in [-0.25, -0.2) is 9.78 Å². The Morgan fingerprint density at radius 2 is 1.70 bits per heavy atom. The summed E-state index contributed by atoms with van der Waals surface area (Å²) in [6.45, 7) is 6.20. The van der Waals surface area contributed by atoms with Gasteiger partial charge in [-0.3, -0.25) is 0 Å². The second-order valence-electron chi connectivity index (χ2n) is 6.47. The van der Waals surface area contributed by atoms with Crippen LogP contribution in [0.5, 0.6) is 17.4 Å². The van der Waals surface area contributed by atoms with Gasteiger partial charge >= 0.3 is 5.97 Å². The maximum atomic E-state index is 12.4. The van der Waals surface area contributed by atoms with E-state index in [1.807, 2.05) is 45.0 Å². The summed E-state index contributed by atoms with van der Waals surface area (Å²) in [4.78, 5) is 16.7. The molecule has 27 heavy (non-hydrogen) atoms. The van der Waals surface area contributed by atoms with Gasteiger partial charge in [0.05, 0.1) is 6.61 Å². The van der Waals surface area contributed by atoms with Crippen LogP contribution < -0.4 is 4.74 Å². The van der Waals surface area contributed by atoms with E-state index in [4.69, 9.17) is 9.47 Å². The zero-order valence-corrected chi connectivity index (χ0v) is 15.8. The molecule has 1 N–H and O–H groups in total. The molecule has 0 amide bonds. The summed E-state index contributed by atoms with van der Waals surface area (Å²) in [5.74, 6) is 0.105. The number of carbonyl (C=O) groups excluding carboxylic acids is 1. The Kier molecular flexibility index (Phi) is 5.60. The van der Waals surface area contributed by atoms with Crippen LogP contribution in [0.15, 0.2) is 42.5 Å². The van der Waals surface area contributed by atoms with Crippen molar-refractivity contribution in [2.24, 2.45) is 0 Å². The second kappa shape index (κ2) is 8.08. The lowest BCUT2D eigenvalue weighted by atomic mass is 10.1. The monoisotopic (exact) mass is 365 g/mol. The van der Waals surface area contributed by atoms with Gasteiger partial charge in [0.2, 0.25) is 5.88 Å². The molecule has 5 nitrogen and oxygen atoms in total. The van der Waals surface area contributed by atoms with Crippen LogP contribution in [0.2, 0.25) is 0 Å². The van der Waals surface area contributed by atoms with Crippen LogP contribution in [-0.4, -0.2) is 22.7 Å². The first-order chi connectivity index (χ1) is 13.0. The highest BCUT2D eigenvalue weighted by Gasteiger charge is 2.22. The molecule has 0 unspecified atom stereocenters. The molecule has 2 aromatic carbocycles. The van der Waals surface area contributed by atoms with E-state index in [-0.39, 0.29) is 23.9 Å². The van der Waals surface area contributed by atoms with Gasteiger partial charge in [0.25, 0.3) is 0 Å². The van der Waals surface area contributed by atoms with Crippen LogP contribution in [0.1, 0.15) is 41.4 Å². The summed E-state index contributed by atoms with van der Waals surface area (Å²) in [5, 5.41) is 11.7. The van der Waals surface area contributed by atoms with Crippen molar-refractivity contribution in [1.29, 1.82) is 0 Å². The summed E-state index contributed by atoms with van der Waals surface area (Å²) in [5.41, 5.74) is 1.79. The van der Waals surface area contributed by atoms with E-state index in [0.29, 0.717) is 16.5 Å². The van der Waals surface area contributed by atoms with E-state index in [2.05, 4.69) is 4.98 Å². The quantitative estimate of drug-likeness (QED) is 0.474. The number of esters is 1. The highest BCUT2D eigenvalue weighted by Crippen LogP contribution is 2.37. The number of rotatable bonds is 6. The maximum absolute atomic E-state index is 12.4. The third-order valence-corrected chi connectivity index (χ3v) is 4.38.